The van der Waals surface area contributed by atoms with E-state index >= 15 is 0 Å². The summed E-state index contributed by atoms with van der Waals surface area (Å²) in [6, 6.07) is 0. The van der Waals surface area contributed by atoms with Crippen LogP contribution in [0.4, 0.5) is 0 Å². The maximum atomic E-state index is 9.28. The standard InChI is InChI=1S/C10H20O2/c1-2-3-4-5-7-10(12)8-6-9-11/h6,8,10-12H,2-5,7,9H2,1H3/b8-6+/t10-/m1/s1. The van der Waals surface area contributed by atoms with Gasteiger partial charge >= 0.3 is 0 Å². The van der Waals surface area contributed by atoms with Gasteiger partial charge in [0.2, 0.25) is 0 Å². The van der Waals surface area contributed by atoms with Crippen LogP contribution in [0.3, 0.4) is 0 Å². The normalized spacial score (nSPS) is 13.9. The number of aliphatic hydroxyl groups excluding tert-OH is 2. The largest absolute Gasteiger partial charge is 0.392 e. The van der Waals surface area contributed by atoms with Gasteiger partial charge in [-0.1, -0.05) is 44.8 Å². The van der Waals surface area contributed by atoms with Crippen LogP contribution in [0.2, 0.25) is 0 Å². The zero-order valence-electron chi connectivity index (χ0n) is 7.87. The van der Waals surface area contributed by atoms with E-state index in [0.29, 0.717) is 0 Å². The van der Waals surface area contributed by atoms with Crippen LogP contribution >= 0.6 is 0 Å². The molecule has 2 heteroatoms. The maximum absolute atomic E-state index is 9.28. The Bertz CT molecular complexity index is 110. The second kappa shape index (κ2) is 8.75. The molecule has 0 heterocycles. The molecule has 0 saturated carbocycles. The predicted octanol–water partition coefficient (Wildman–Crippen LogP) is 1.87. The van der Waals surface area contributed by atoms with Gasteiger partial charge in [-0.3, -0.25) is 0 Å². The topological polar surface area (TPSA) is 40.5 Å². The molecule has 2 N–H and O–H groups in total. The van der Waals surface area contributed by atoms with Gasteiger partial charge < -0.3 is 10.2 Å². The molecule has 0 bridgehead atoms. The van der Waals surface area contributed by atoms with Crippen LogP contribution < -0.4 is 0 Å². The van der Waals surface area contributed by atoms with E-state index in [1.54, 1.807) is 12.2 Å². The van der Waals surface area contributed by atoms with E-state index in [0.717, 1.165) is 12.8 Å². The molecule has 0 unspecified atom stereocenters. The second-order valence-electron chi connectivity index (χ2n) is 3.03. The molecule has 1 atom stereocenters. The highest BCUT2D eigenvalue weighted by Gasteiger charge is 1.97. The van der Waals surface area contributed by atoms with E-state index in [9.17, 15) is 5.11 Å². The summed E-state index contributed by atoms with van der Waals surface area (Å²) < 4.78 is 0. The third-order valence-electron chi connectivity index (χ3n) is 1.82. The van der Waals surface area contributed by atoms with Crippen molar-refractivity contribution in [3.05, 3.63) is 12.2 Å². The van der Waals surface area contributed by atoms with Crippen LogP contribution in [0.15, 0.2) is 12.2 Å². The monoisotopic (exact) mass is 172 g/mol. The van der Waals surface area contributed by atoms with Crippen LogP contribution in [-0.2, 0) is 0 Å². The van der Waals surface area contributed by atoms with Gasteiger partial charge in [0, 0.05) is 0 Å². The molecule has 0 saturated heterocycles. The predicted molar refractivity (Wildman–Crippen MR) is 51.0 cm³/mol. The van der Waals surface area contributed by atoms with Crippen LogP contribution in [-0.4, -0.2) is 22.9 Å². The maximum Gasteiger partial charge on any atom is 0.0721 e. The van der Waals surface area contributed by atoms with Crippen molar-refractivity contribution in [3.8, 4) is 0 Å². The van der Waals surface area contributed by atoms with Crippen LogP contribution in [0.25, 0.3) is 0 Å². The average Bonchev–Trinajstić information content (AvgIpc) is 2.09. The van der Waals surface area contributed by atoms with Crippen molar-refractivity contribution >= 4 is 0 Å². The molecule has 0 radical (unpaired) electrons. The van der Waals surface area contributed by atoms with Crippen molar-refractivity contribution in [2.24, 2.45) is 0 Å². The van der Waals surface area contributed by atoms with E-state index in [4.69, 9.17) is 5.11 Å². The lowest BCUT2D eigenvalue weighted by molar-refractivity contribution is 0.206. The Hall–Kier alpha value is -0.340. The highest BCUT2D eigenvalue weighted by atomic mass is 16.3. The van der Waals surface area contributed by atoms with Gasteiger partial charge in [0.15, 0.2) is 0 Å². The quantitative estimate of drug-likeness (QED) is 0.454. The Kier molecular flexibility index (Phi) is 8.51. The van der Waals surface area contributed by atoms with Crippen molar-refractivity contribution < 1.29 is 10.2 Å². The third kappa shape index (κ3) is 7.76. The number of aliphatic hydroxyl groups is 2. The van der Waals surface area contributed by atoms with E-state index in [1.165, 1.54) is 19.3 Å². The van der Waals surface area contributed by atoms with Crippen LogP contribution in [0, 0.1) is 0 Å². The molecule has 0 amide bonds. The Morgan fingerprint density at radius 2 is 2.00 bits per heavy atom. The fourth-order valence-corrected chi connectivity index (χ4v) is 1.09. The number of unbranched alkanes of at least 4 members (excludes halogenated alkanes) is 3. The van der Waals surface area contributed by atoms with Gasteiger partial charge in [0.1, 0.15) is 0 Å². The Morgan fingerprint density at radius 3 is 2.58 bits per heavy atom. The van der Waals surface area contributed by atoms with Crippen LogP contribution in [0.1, 0.15) is 39.0 Å². The minimum Gasteiger partial charge on any atom is -0.392 e. The lowest BCUT2D eigenvalue weighted by Gasteiger charge is -2.03. The van der Waals surface area contributed by atoms with Gasteiger partial charge in [-0.25, -0.2) is 0 Å². The molecule has 0 aliphatic heterocycles. The molecule has 0 aliphatic carbocycles. The summed E-state index contributed by atoms with van der Waals surface area (Å²) in [5, 5.41) is 17.7. The van der Waals surface area contributed by atoms with Gasteiger partial charge in [-0.05, 0) is 6.42 Å². The summed E-state index contributed by atoms with van der Waals surface area (Å²) in [4.78, 5) is 0. The van der Waals surface area contributed by atoms with Gasteiger partial charge in [0.25, 0.3) is 0 Å². The molecule has 72 valence electrons. The minimum atomic E-state index is -0.367. The average molecular weight is 172 g/mol. The molecule has 0 spiro atoms. The molecule has 12 heavy (non-hydrogen) atoms. The minimum absolute atomic E-state index is 0.0199. The highest BCUT2D eigenvalue weighted by Crippen LogP contribution is 2.05. The van der Waals surface area contributed by atoms with E-state index in [2.05, 4.69) is 6.92 Å². The Labute approximate surface area is 74.9 Å². The molecular formula is C10H20O2. The van der Waals surface area contributed by atoms with E-state index in [-0.39, 0.29) is 12.7 Å². The van der Waals surface area contributed by atoms with Crippen molar-refractivity contribution in [3.63, 3.8) is 0 Å². The molecule has 0 aromatic rings. The molecule has 0 fully saturated rings. The first-order chi connectivity index (χ1) is 5.81. The summed E-state index contributed by atoms with van der Waals surface area (Å²) in [5.74, 6) is 0. The molecule has 2 nitrogen and oxygen atoms in total. The van der Waals surface area contributed by atoms with E-state index < -0.39 is 0 Å². The molecule has 0 aromatic carbocycles. The first-order valence-electron chi connectivity index (χ1n) is 4.76. The summed E-state index contributed by atoms with van der Waals surface area (Å²) in [6.45, 7) is 2.19. The summed E-state index contributed by atoms with van der Waals surface area (Å²) in [6.07, 6.45) is 8.44. The van der Waals surface area contributed by atoms with Crippen molar-refractivity contribution in [2.75, 3.05) is 6.61 Å². The van der Waals surface area contributed by atoms with Gasteiger partial charge in [0.05, 0.1) is 12.7 Å². The zero-order chi connectivity index (χ0) is 9.23. The summed E-state index contributed by atoms with van der Waals surface area (Å²) in [5.41, 5.74) is 0. The smallest absolute Gasteiger partial charge is 0.0721 e. The SMILES string of the molecule is CCCCCC[C@@H](O)/C=C/CO. The molecule has 0 aromatic heterocycles. The summed E-state index contributed by atoms with van der Waals surface area (Å²) >= 11 is 0. The number of hydrogen-bond acceptors (Lipinski definition) is 2. The Balaban J connectivity index is 3.19. The van der Waals surface area contributed by atoms with Crippen LogP contribution in [0.5, 0.6) is 0 Å². The summed E-state index contributed by atoms with van der Waals surface area (Å²) in [7, 11) is 0. The van der Waals surface area contributed by atoms with Crippen molar-refractivity contribution in [1.29, 1.82) is 0 Å². The first-order valence-corrected chi connectivity index (χ1v) is 4.76. The number of rotatable bonds is 7. The molecule has 0 aliphatic rings. The fourth-order valence-electron chi connectivity index (χ4n) is 1.09. The zero-order valence-corrected chi connectivity index (χ0v) is 7.87. The number of hydrogen-bond donors (Lipinski definition) is 2. The highest BCUT2D eigenvalue weighted by molar-refractivity contribution is 4.87. The fraction of sp³-hybridized carbons (Fsp3) is 0.800. The lowest BCUT2D eigenvalue weighted by atomic mass is 10.1. The molecular weight excluding hydrogens is 152 g/mol. The van der Waals surface area contributed by atoms with Crippen molar-refractivity contribution in [2.45, 2.75) is 45.1 Å². The molecule has 0 rings (SSSR count). The third-order valence-corrected chi connectivity index (χ3v) is 1.82. The van der Waals surface area contributed by atoms with Gasteiger partial charge in [-0.2, -0.15) is 0 Å². The lowest BCUT2D eigenvalue weighted by Crippen LogP contribution is -2.01. The van der Waals surface area contributed by atoms with E-state index in [1.807, 2.05) is 0 Å². The van der Waals surface area contributed by atoms with Gasteiger partial charge in [-0.15, -0.1) is 0 Å². The Morgan fingerprint density at radius 1 is 1.25 bits per heavy atom. The second-order valence-corrected chi connectivity index (χ2v) is 3.03. The first kappa shape index (κ1) is 11.7. The van der Waals surface area contributed by atoms with Crippen molar-refractivity contribution in [1.82, 2.24) is 0 Å².